The van der Waals surface area contributed by atoms with Crippen LogP contribution in [0, 0.1) is 17.4 Å². The molecule has 0 unspecified atom stereocenters. The van der Waals surface area contributed by atoms with Gasteiger partial charge in [0.05, 0.1) is 16.4 Å². The number of imide groups is 2. The Morgan fingerprint density at radius 3 is 2.56 bits per heavy atom. The van der Waals surface area contributed by atoms with Gasteiger partial charge in [0, 0.05) is 10.7 Å². The average molecular weight is 660 g/mol. The smallest absolute Gasteiger partial charge is 0.335 e. The quantitative estimate of drug-likeness (QED) is 0.204. The summed E-state index contributed by atoms with van der Waals surface area (Å²) in [6.07, 6.45) is 1.35. The van der Waals surface area contributed by atoms with Crippen LogP contribution < -0.4 is 25.0 Å². The van der Waals surface area contributed by atoms with Crippen LogP contribution >= 0.6 is 34.2 Å². The lowest BCUT2D eigenvalue weighted by Gasteiger charge is -2.26. The van der Waals surface area contributed by atoms with E-state index in [1.807, 2.05) is 54.6 Å². The average Bonchev–Trinajstić information content (AvgIpc) is 2.88. The molecule has 0 aromatic heterocycles. The molecule has 11 heteroatoms. The highest BCUT2D eigenvalue weighted by Gasteiger charge is 2.37. The second kappa shape index (κ2) is 11.9. The molecule has 39 heavy (non-hydrogen) atoms. The van der Waals surface area contributed by atoms with Crippen molar-refractivity contribution in [2.75, 3.05) is 23.9 Å². The van der Waals surface area contributed by atoms with Gasteiger partial charge in [-0.15, -0.1) is 0 Å². The summed E-state index contributed by atoms with van der Waals surface area (Å²) in [5, 5.41) is 5.34. The Kier molecular flexibility index (Phi) is 8.56. The van der Waals surface area contributed by atoms with Gasteiger partial charge in [-0.05, 0) is 95.6 Å². The number of urea groups is 1. The standard InChI is InChI=1S/C28H23ClIN3O6/c1-15-6-4-9-22(16(15)2)31-24(34)14-39-25-21(30)11-17(12-23(25)38-3)10-20-26(35)32-28(37)33(27(20)36)19-8-5-7-18(29)13-19/h4-13H,14H2,1-3H3,(H,31,34)(H,32,35,37)/b20-10+. The lowest BCUT2D eigenvalue weighted by Crippen LogP contribution is -2.54. The molecule has 3 aromatic carbocycles. The van der Waals surface area contributed by atoms with Gasteiger partial charge in [-0.1, -0.05) is 29.8 Å². The van der Waals surface area contributed by atoms with E-state index < -0.39 is 17.8 Å². The Morgan fingerprint density at radius 2 is 1.85 bits per heavy atom. The Hall–Kier alpha value is -3.90. The first-order valence-electron chi connectivity index (χ1n) is 11.6. The minimum absolute atomic E-state index is 0.221. The number of hydrogen-bond acceptors (Lipinski definition) is 6. The number of nitrogens with one attached hydrogen (secondary N) is 2. The molecule has 1 fully saturated rings. The molecule has 9 nitrogen and oxygen atoms in total. The fourth-order valence-corrected chi connectivity index (χ4v) is 4.81. The Morgan fingerprint density at radius 1 is 1.10 bits per heavy atom. The van der Waals surface area contributed by atoms with Crippen LogP contribution in [0.5, 0.6) is 11.5 Å². The SMILES string of the molecule is COc1cc(/C=C2\C(=O)NC(=O)N(c3cccc(Cl)c3)C2=O)cc(I)c1OCC(=O)Nc1cccc(C)c1C. The number of hydrogen-bond donors (Lipinski definition) is 2. The first-order chi connectivity index (χ1) is 18.6. The maximum atomic E-state index is 13.2. The van der Waals surface area contributed by atoms with Gasteiger partial charge in [0.1, 0.15) is 5.57 Å². The van der Waals surface area contributed by atoms with Crippen molar-refractivity contribution in [1.29, 1.82) is 0 Å². The number of rotatable bonds is 7. The minimum atomic E-state index is -0.876. The number of halogens is 2. The lowest BCUT2D eigenvalue weighted by atomic mass is 10.1. The number of benzene rings is 3. The highest BCUT2D eigenvalue weighted by atomic mass is 127. The molecule has 0 aliphatic carbocycles. The highest BCUT2D eigenvalue weighted by Crippen LogP contribution is 2.35. The lowest BCUT2D eigenvalue weighted by molar-refractivity contribution is -0.122. The Labute approximate surface area is 243 Å². The molecule has 1 aliphatic heterocycles. The molecule has 2 N–H and O–H groups in total. The van der Waals surface area contributed by atoms with E-state index in [1.165, 1.54) is 25.3 Å². The third kappa shape index (κ3) is 6.23. The number of methoxy groups -OCH3 is 1. The fourth-order valence-electron chi connectivity index (χ4n) is 3.85. The van der Waals surface area contributed by atoms with E-state index in [9.17, 15) is 19.2 Å². The van der Waals surface area contributed by atoms with Crippen LogP contribution in [0.1, 0.15) is 16.7 Å². The number of amides is 5. The maximum absolute atomic E-state index is 13.2. The van der Waals surface area contributed by atoms with Gasteiger partial charge in [0.25, 0.3) is 17.7 Å². The third-order valence-corrected chi connectivity index (χ3v) is 6.99. The molecule has 5 amide bonds. The number of carbonyl (C=O) groups is 4. The van der Waals surface area contributed by atoms with Gasteiger partial charge in [0.15, 0.2) is 18.1 Å². The Bertz CT molecular complexity index is 1540. The highest BCUT2D eigenvalue weighted by molar-refractivity contribution is 14.1. The summed E-state index contributed by atoms with van der Waals surface area (Å²) in [6, 6.07) is 14.2. The summed E-state index contributed by atoms with van der Waals surface area (Å²) < 4.78 is 11.8. The van der Waals surface area contributed by atoms with Crippen LogP contribution in [0.2, 0.25) is 5.02 Å². The van der Waals surface area contributed by atoms with Gasteiger partial charge in [0.2, 0.25) is 0 Å². The summed E-state index contributed by atoms with van der Waals surface area (Å²) >= 11 is 8.03. The number of aryl methyl sites for hydroxylation is 1. The van der Waals surface area contributed by atoms with Crippen LogP contribution in [0.25, 0.3) is 6.08 Å². The molecule has 200 valence electrons. The molecule has 4 rings (SSSR count). The predicted molar refractivity (Wildman–Crippen MR) is 156 cm³/mol. The molecule has 0 atom stereocenters. The summed E-state index contributed by atoms with van der Waals surface area (Å²) in [7, 11) is 1.43. The predicted octanol–water partition coefficient (Wildman–Crippen LogP) is 5.25. The zero-order valence-corrected chi connectivity index (χ0v) is 24.0. The summed E-state index contributed by atoms with van der Waals surface area (Å²) in [5.41, 5.74) is 3.13. The number of carbonyl (C=O) groups excluding carboxylic acids is 4. The van der Waals surface area contributed by atoms with E-state index in [1.54, 1.807) is 24.3 Å². The maximum Gasteiger partial charge on any atom is 0.335 e. The monoisotopic (exact) mass is 659 g/mol. The second-order valence-corrected chi connectivity index (χ2v) is 10.2. The van der Waals surface area contributed by atoms with E-state index in [2.05, 4.69) is 10.6 Å². The van der Waals surface area contributed by atoms with E-state index in [-0.39, 0.29) is 23.8 Å². The van der Waals surface area contributed by atoms with Crippen LogP contribution in [0.4, 0.5) is 16.2 Å². The van der Waals surface area contributed by atoms with Gasteiger partial charge in [-0.25, -0.2) is 9.69 Å². The summed E-state index contributed by atoms with van der Waals surface area (Å²) in [6.45, 7) is 3.62. The van der Waals surface area contributed by atoms with Gasteiger partial charge in [-0.2, -0.15) is 0 Å². The zero-order chi connectivity index (χ0) is 28.3. The molecule has 3 aromatic rings. The number of barbiturate groups is 1. The van der Waals surface area contributed by atoms with E-state index in [0.29, 0.717) is 31.3 Å². The van der Waals surface area contributed by atoms with Crippen LogP contribution in [0.3, 0.4) is 0 Å². The number of anilines is 2. The molecule has 0 bridgehead atoms. The molecule has 0 saturated carbocycles. The molecule has 0 radical (unpaired) electrons. The Balaban J connectivity index is 1.56. The largest absolute Gasteiger partial charge is 0.493 e. The van der Waals surface area contributed by atoms with Gasteiger partial charge < -0.3 is 14.8 Å². The van der Waals surface area contributed by atoms with Crippen molar-refractivity contribution in [2.45, 2.75) is 13.8 Å². The van der Waals surface area contributed by atoms with E-state index >= 15 is 0 Å². The van der Waals surface area contributed by atoms with Crippen LogP contribution in [-0.2, 0) is 14.4 Å². The van der Waals surface area contributed by atoms with Crippen molar-refractivity contribution in [1.82, 2.24) is 5.32 Å². The van der Waals surface area contributed by atoms with Crippen molar-refractivity contribution in [3.8, 4) is 11.5 Å². The van der Waals surface area contributed by atoms with E-state index in [0.717, 1.165) is 16.0 Å². The first-order valence-corrected chi connectivity index (χ1v) is 13.1. The van der Waals surface area contributed by atoms with Crippen molar-refractivity contribution in [3.63, 3.8) is 0 Å². The first kappa shape index (κ1) is 28.1. The molecule has 1 saturated heterocycles. The normalized spacial score (nSPS) is 14.3. The van der Waals surface area contributed by atoms with Gasteiger partial charge in [-0.3, -0.25) is 19.7 Å². The van der Waals surface area contributed by atoms with Crippen molar-refractivity contribution < 1.29 is 28.7 Å². The van der Waals surface area contributed by atoms with Crippen LogP contribution in [-0.4, -0.2) is 37.5 Å². The molecular formula is C28H23ClIN3O6. The molecule has 1 heterocycles. The molecule has 0 spiro atoms. The minimum Gasteiger partial charge on any atom is -0.493 e. The second-order valence-electron chi connectivity index (χ2n) is 8.56. The fraction of sp³-hybridized carbons (Fsp3) is 0.143. The van der Waals surface area contributed by atoms with E-state index in [4.69, 9.17) is 21.1 Å². The van der Waals surface area contributed by atoms with Gasteiger partial charge >= 0.3 is 6.03 Å². The zero-order valence-electron chi connectivity index (χ0n) is 21.1. The molecular weight excluding hydrogens is 637 g/mol. The van der Waals surface area contributed by atoms with Crippen molar-refractivity contribution >= 4 is 75.4 Å². The van der Waals surface area contributed by atoms with Crippen molar-refractivity contribution in [3.05, 3.63) is 85.5 Å². The topological polar surface area (TPSA) is 114 Å². The number of ether oxygens (including phenoxy) is 2. The molecule has 1 aliphatic rings. The summed E-state index contributed by atoms with van der Waals surface area (Å²) in [5.74, 6) is -1.36. The number of nitrogens with zero attached hydrogens (tertiary/aromatic N) is 1. The van der Waals surface area contributed by atoms with Crippen molar-refractivity contribution in [2.24, 2.45) is 0 Å². The van der Waals surface area contributed by atoms with Crippen LogP contribution in [0.15, 0.2) is 60.2 Å². The summed E-state index contributed by atoms with van der Waals surface area (Å²) in [4.78, 5) is 51.6. The third-order valence-electron chi connectivity index (χ3n) is 5.96.